The van der Waals surface area contributed by atoms with Gasteiger partial charge in [0.15, 0.2) is 5.96 Å². The van der Waals surface area contributed by atoms with Gasteiger partial charge in [0.25, 0.3) is 0 Å². The molecule has 2 heterocycles. The van der Waals surface area contributed by atoms with E-state index in [0.717, 1.165) is 68.9 Å². The number of hydrogen-bond donors (Lipinski definition) is 2. The molecule has 1 aromatic carbocycles. The van der Waals surface area contributed by atoms with Crippen molar-refractivity contribution in [3.8, 4) is 0 Å². The zero-order valence-electron chi connectivity index (χ0n) is 17.3. The lowest BCUT2D eigenvalue weighted by molar-refractivity contribution is 0.0531. The van der Waals surface area contributed by atoms with Crippen LogP contribution in [0.2, 0.25) is 5.02 Å². The van der Waals surface area contributed by atoms with Crippen molar-refractivity contribution in [1.82, 2.24) is 25.4 Å². The molecule has 7 nitrogen and oxygen atoms in total. The summed E-state index contributed by atoms with van der Waals surface area (Å²) in [5.41, 5.74) is 1.19. The number of guanidine groups is 1. The Kier molecular flexibility index (Phi) is 7.89. The van der Waals surface area contributed by atoms with Crippen LogP contribution in [-0.2, 0) is 23.1 Å². The number of benzene rings is 1. The van der Waals surface area contributed by atoms with E-state index in [1.165, 1.54) is 5.56 Å². The fourth-order valence-electron chi connectivity index (χ4n) is 3.72. The van der Waals surface area contributed by atoms with Gasteiger partial charge in [-0.15, -0.1) is 10.2 Å². The lowest BCUT2D eigenvalue weighted by Gasteiger charge is -2.36. The number of hydrogen-bond acceptors (Lipinski definition) is 4. The van der Waals surface area contributed by atoms with E-state index in [2.05, 4.69) is 51.4 Å². The first-order valence-corrected chi connectivity index (χ1v) is 10.8. The molecule has 0 radical (unpaired) electrons. The Morgan fingerprint density at radius 2 is 2.10 bits per heavy atom. The van der Waals surface area contributed by atoms with Gasteiger partial charge in [-0.05, 0) is 37.5 Å². The molecule has 1 aliphatic rings. The first kappa shape index (κ1) is 21.6. The van der Waals surface area contributed by atoms with E-state index in [1.54, 1.807) is 6.33 Å². The predicted molar refractivity (Wildman–Crippen MR) is 117 cm³/mol. The third-order valence-electron chi connectivity index (χ3n) is 5.43. The van der Waals surface area contributed by atoms with Crippen LogP contribution in [0.4, 0.5) is 0 Å². The van der Waals surface area contributed by atoms with Gasteiger partial charge in [0.1, 0.15) is 12.2 Å². The van der Waals surface area contributed by atoms with Crippen LogP contribution in [0.15, 0.2) is 35.6 Å². The van der Waals surface area contributed by atoms with Crippen molar-refractivity contribution in [3.05, 3.63) is 47.0 Å². The Morgan fingerprint density at radius 3 is 2.83 bits per heavy atom. The van der Waals surface area contributed by atoms with Crippen molar-refractivity contribution in [2.45, 2.75) is 45.1 Å². The fraction of sp³-hybridized carbons (Fsp3) is 0.571. The summed E-state index contributed by atoms with van der Waals surface area (Å²) in [7, 11) is 0. The van der Waals surface area contributed by atoms with E-state index in [0.29, 0.717) is 6.54 Å². The Labute approximate surface area is 177 Å². The van der Waals surface area contributed by atoms with Gasteiger partial charge in [-0.25, -0.2) is 0 Å². The maximum atomic E-state index is 6.28. The Balaban J connectivity index is 1.69. The van der Waals surface area contributed by atoms with Gasteiger partial charge in [-0.1, -0.05) is 30.7 Å². The zero-order valence-corrected chi connectivity index (χ0v) is 18.1. The minimum atomic E-state index is -0.0465. The number of nitrogens with zero attached hydrogens (tertiary/aromatic N) is 4. The minimum absolute atomic E-state index is 0.0465. The molecule has 158 valence electrons. The molecule has 0 amide bonds. The molecule has 2 N–H and O–H groups in total. The normalized spacial score (nSPS) is 16.6. The summed E-state index contributed by atoms with van der Waals surface area (Å²) in [6, 6.07) is 8.17. The average molecular weight is 419 g/mol. The average Bonchev–Trinajstić information content (AvgIpc) is 3.20. The summed E-state index contributed by atoms with van der Waals surface area (Å²) >= 11 is 6.28. The van der Waals surface area contributed by atoms with Crippen LogP contribution in [-0.4, -0.2) is 53.6 Å². The molecule has 1 aliphatic heterocycles. The molecule has 0 unspecified atom stereocenters. The van der Waals surface area contributed by atoms with Gasteiger partial charge < -0.3 is 19.9 Å². The standard InChI is InChI=1S/C21H31ClN6O/c1-3-19-27-26-16-28(19)11-10-24-20(23-4-2)25-15-21(8-12-29-13-9-21)17-6-5-7-18(22)14-17/h5-7,14,16H,3-4,8-13,15H2,1-2H3,(H2,23,24,25). The second-order valence-corrected chi connectivity index (χ2v) is 7.76. The summed E-state index contributed by atoms with van der Waals surface area (Å²) in [6.45, 7) is 8.72. The van der Waals surface area contributed by atoms with E-state index < -0.39 is 0 Å². The van der Waals surface area contributed by atoms with Gasteiger partial charge in [-0.2, -0.15) is 0 Å². The topological polar surface area (TPSA) is 76.4 Å². The number of aliphatic imine (C=N–C) groups is 1. The highest BCUT2D eigenvalue weighted by Gasteiger charge is 2.34. The lowest BCUT2D eigenvalue weighted by atomic mass is 9.74. The third kappa shape index (κ3) is 5.70. The van der Waals surface area contributed by atoms with E-state index >= 15 is 0 Å². The molecular formula is C21H31ClN6O. The highest BCUT2D eigenvalue weighted by Crippen LogP contribution is 2.36. The number of nitrogens with one attached hydrogen (secondary N) is 2. The van der Waals surface area contributed by atoms with Crippen molar-refractivity contribution >= 4 is 17.6 Å². The van der Waals surface area contributed by atoms with Crippen LogP contribution in [0.5, 0.6) is 0 Å². The van der Waals surface area contributed by atoms with Crippen LogP contribution < -0.4 is 10.6 Å². The Morgan fingerprint density at radius 1 is 1.28 bits per heavy atom. The van der Waals surface area contributed by atoms with Crippen molar-refractivity contribution in [2.24, 2.45) is 4.99 Å². The highest BCUT2D eigenvalue weighted by molar-refractivity contribution is 6.30. The van der Waals surface area contributed by atoms with Crippen LogP contribution >= 0.6 is 11.6 Å². The van der Waals surface area contributed by atoms with Crippen LogP contribution in [0, 0.1) is 0 Å². The SMILES string of the molecule is CCNC(=NCC1(c2cccc(Cl)c2)CCOCC1)NCCn1cnnc1CC. The number of rotatable bonds is 8. The molecule has 0 bridgehead atoms. The molecular weight excluding hydrogens is 388 g/mol. The molecule has 29 heavy (non-hydrogen) atoms. The molecule has 1 saturated heterocycles. The summed E-state index contributed by atoms with van der Waals surface area (Å²) in [6.07, 6.45) is 4.53. The van der Waals surface area contributed by atoms with Gasteiger partial charge in [-0.3, -0.25) is 4.99 Å². The molecule has 8 heteroatoms. The maximum absolute atomic E-state index is 6.28. The summed E-state index contributed by atoms with van der Waals surface area (Å²) in [4.78, 5) is 4.93. The molecule has 1 aromatic heterocycles. The number of aromatic nitrogens is 3. The lowest BCUT2D eigenvalue weighted by Crippen LogP contribution is -2.42. The van der Waals surface area contributed by atoms with Crippen molar-refractivity contribution in [1.29, 1.82) is 0 Å². The van der Waals surface area contributed by atoms with E-state index in [4.69, 9.17) is 21.3 Å². The van der Waals surface area contributed by atoms with E-state index in [9.17, 15) is 0 Å². The third-order valence-corrected chi connectivity index (χ3v) is 5.66. The molecule has 3 rings (SSSR count). The van der Waals surface area contributed by atoms with Gasteiger partial charge >= 0.3 is 0 Å². The summed E-state index contributed by atoms with van der Waals surface area (Å²) in [5, 5.41) is 15.7. The highest BCUT2D eigenvalue weighted by atomic mass is 35.5. The monoisotopic (exact) mass is 418 g/mol. The Bertz CT molecular complexity index is 800. The van der Waals surface area contributed by atoms with E-state index in [1.807, 2.05) is 12.1 Å². The van der Waals surface area contributed by atoms with Crippen molar-refractivity contribution < 1.29 is 4.74 Å². The fourth-order valence-corrected chi connectivity index (χ4v) is 3.92. The summed E-state index contributed by atoms with van der Waals surface area (Å²) < 4.78 is 7.70. The van der Waals surface area contributed by atoms with Crippen molar-refractivity contribution in [3.63, 3.8) is 0 Å². The molecule has 1 fully saturated rings. The largest absolute Gasteiger partial charge is 0.381 e. The number of halogens is 1. The summed E-state index contributed by atoms with van der Waals surface area (Å²) in [5.74, 6) is 1.82. The first-order valence-electron chi connectivity index (χ1n) is 10.4. The molecule has 2 aromatic rings. The van der Waals surface area contributed by atoms with Crippen LogP contribution in [0.3, 0.4) is 0 Å². The van der Waals surface area contributed by atoms with Crippen molar-refractivity contribution in [2.75, 3.05) is 32.8 Å². The predicted octanol–water partition coefficient (Wildman–Crippen LogP) is 2.80. The quantitative estimate of drug-likeness (QED) is 0.509. The number of aryl methyl sites for hydroxylation is 1. The minimum Gasteiger partial charge on any atom is -0.381 e. The van der Waals surface area contributed by atoms with Gasteiger partial charge in [0.05, 0.1) is 6.54 Å². The van der Waals surface area contributed by atoms with Gasteiger partial charge in [0.2, 0.25) is 0 Å². The molecule has 0 spiro atoms. The Hall–Kier alpha value is -2.12. The molecule has 0 aliphatic carbocycles. The zero-order chi connectivity index (χ0) is 20.5. The molecule has 0 saturated carbocycles. The second kappa shape index (κ2) is 10.6. The second-order valence-electron chi connectivity index (χ2n) is 7.32. The van der Waals surface area contributed by atoms with Gasteiger partial charge in [0, 0.05) is 49.7 Å². The smallest absolute Gasteiger partial charge is 0.191 e. The number of ether oxygens (including phenoxy) is 1. The molecule has 0 atom stereocenters. The maximum Gasteiger partial charge on any atom is 0.191 e. The van der Waals surface area contributed by atoms with Crippen LogP contribution in [0.25, 0.3) is 0 Å². The van der Waals surface area contributed by atoms with Crippen LogP contribution in [0.1, 0.15) is 38.1 Å². The first-order chi connectivity index (χ1) is 14.2. The van der Waals surface area contributed by atoms with E-state index in [-0.39, 0.29) is 5.41 Å².